The van der Waals surface area contributed by atoms with E-state index in [1.807, 2.05) is 54.7 Å². The minimum atomic E-state index is -5.65. The summed E-state index contributed by atoms with van der Waals surface area (Å²) in [5.41, 5.74) is 3.89. The summed E-state index contributed by atoms with van der Waals surface area (Å²) in [7, 11) is 0. The van der Waals surface area contributed by atoms with E-state index in [2.05, 4.69) is 10.3 Å². The van der Waals surface area contributed by atoms with Crippen LogP contribution in [-0.4, -0.2) is 30.2 Å². The lowest BCUT2D eigenvalue weighted by atomic mass is 10.1. The molecule has 190 valence electrons. The van der Waals surface area contributed by atoms with Crippen LogP contribution in [0.4, 0.5) is 22.0 Å². The summed E-state index contributed by atoms with van der Waals surface area (Å²) in [6, 6.07) is 21.9. The Bertz CT molecular complexity index is 1270. The van der Waals surface area contributed by atoms with Gasteiger partial charge in [-0.15, -0.1) is 0 Å². The Morgan fingerprint density at radius 1 is 0.778 bits per heavy atom. The molecule has 1 aromatic heterocycles. The van der Waals surface area contributed by atoms with E-state index >= 15 is 0 Å². The maximum Gasteiger partial charge on any atom is 0.456 e. The van der Waals surface area contributed by atoms with Crippen LogP contribution in [0.25, 0.3) is 10.9 Å². The smallest absolute Gasteiger partial charge is 0.456 e. The molecule has 0 fully saturated rings. The monoisotopic (exact) mass is 504 g/mol. The number of fused-ring (bicyclic) bond motifs is 1. The van der Waals surface area contributed by atoms with Crippen molar-refractivity contribution < 1.29 is 31.4 Å². The van der Waals surface area contributed by atoms with Gasteiger partial charge in [-0.1, -0.05) is 42.5 Å². The first kappa shape index (κ1) is 25.5. The van der Waals surface area contributed by atoms with E-state index in [1.54, 1.807) is 12.1 Å². The molecular formula is C27H25F5N2O2. The Kier molecular flexibility index (Phi) is 7.79. The summed E-state index contributed by atoms with van der Waals surface area (Å²) >= 11 is 0. The molecule has 3 aromatic carbocycles. The van der Waals surface area contributed by atoms with E-state index in [0.29, 0.717) is 25.3 Å². The Morgan fingerprint density at radius 3 is 2.31 bits per heavy atom. The number of ether oxygens (including phenoxy) is 2. The third-order valence-corrected chi connectivity index (χ3v) is 5.62. The molecule has 0 amide bonds. The minimum absolute atomic E-state index is 0.0436. The molecule has 1 heterocycles. The molecule has 0 aliphatic carbocycles. The van der Waals surface area contributed by atoms with Crippen molar-refractivity contribution in [2.45, 2.75) is 31.7 Å². The Labute approximate surface area is 205 Å². The second kappa shape index (κ2) is 11.0. The van der Waals surface area contributed by atoms with Gasteiger partial charge < -0.3 is 19.8 Å². The number of H-pyrrole nitrogens is 1. The van der Waals surface area contributed by atoms with Gasteiger partial charge in [-0.3, -0.25) is 0 Å². The van der Waals surface area contributed by atoms with Crippen LogP contribution in [0.5, 0.6) is 11.5 Å². The number of benzene rings is 3. The normalized spacial score (nSPS) is 12.1. The third-order valence-electron chi connectivity index (χ3n) is 5.62. The summed E-state index contributed by atoms with van der Waals surface area (Å²) in [6.45, 7) is -0.255. The second-order valence-corrected chi connectivity index (χ2v) is 8.36. The highest BCUT2D eigenvalue weighted by Gasteiger charge is 2.58. The molecule has 36 heavy (non-hydrogen) atoms. The highest BCUT2D eigenvalue weighted by molar-refractivity contribution is 5.84. The van der Waals surface area contributed by atoms with E-state index in [9.17, 15) is 22.0 Å². The summed E-state index contributed by atoms with van der Waals surface area (Å²) in [5, 5.41) is 4.32. The van der Waals surface area contributed by atoms with Gasteiger partial charge in [0.1, 0.15) is 18.1 Å². The quantitative estimate of drug-likeness (QED) is 0.178. The Hall–Kier alpha value is -3.59. The van der Waals surface area contributed by atoms with E-state index < -0.39 is 18.7 Å². The molecule has 0 aliphatic rings. The largest absolute Gasteiger partial charge is 0.489 e. The first-order chi connectivity index (χ1) is 17.2. The molecule has 0 unspecified atom stereocenters. The Balaban J connectivity index is 1.28. The van der Waals surface area contributed by atoms with Crippen molar-refractivity contribution in [1.82, 2.24) is 10.3 Å². The van der Waals surface area contributed by atoms with Crippen LogP contribution in [0.15, 0.2) is 79.0 Å². The van der Waals surface area contributed by atoms with Crippen molar-refractivity contribution in [3.63, 3.8) is 0 Å². The highest BCUT2D eigenvalue weighted by Crippen LogP contribution is 2.35. The number of nitrogens with one attached hydrogen (secondary N) is 2. The summed E-state index contributed by atoms with van der Waals surface area (Å²) < 4.78 is 73.7. The highest BCUT2D eigenvalue weighted by atomic mass is 19.4. The zero-order valence-corrected chi connectivity index (χ0v) is 19.2. The molecule has 0 spiro atoms. The summed E-state index contributed by atoms with van der Waals surface area (Å²) in [6.07, 6.45) is -2.98. The third kappa shape index (κ3) is 6.54. The SMILES string of the molecule is FC(F)(F)C(F)(F)COc1cccc(CNCCc2c[nH]c3ccc(OCc4ccccc4)cc23)c1. The van der Waals surface area contributed by atoms with Gasteiger partial charge in [0.25, 0.3) is 0 Å². The van der Waals surface area contributed by atoms with Gasteiger partial charge in [-0.25, -0.2) is 0 Å². The van der Waals surface area contributed by atoms with Crippen LogP contribution in [-0.2, 0) is 19.6 Å². The molecule has 0 atom stereocenters. The van der Waals surface area contributed by atoms with Crippen molar-refractivity contribution in [3.8, 4) is 11.5 Å². The molecular weight excluding hydrogens is 479 g/mol. The molecule has 4 rings (SSSR count). The van der Waals surface area contributed by atoms with Gasteiger partial charge in [0, 0.05) is 23.6 Å². The standard InChI is InChI=1S/C27H25F5N2O2/c28-26(29,27(30,31)32)18-36-22-8-4-7-20(13-22)15-33-12-11-21-16-34-25-10-9-23(14-24(21)25)35-17-19-5-2-1-3-6-19/h1-10,13-14,16,33-34H,11-12,15,17-18H2. The van der Waals surface area contributed by atoms with Gasteiger partial charge in [0.15, 0.2) is 6.61 Å². The molecule has 2 N–H and O–H groups in total. The molecule has 0 radical (unpaired) electrons. The number of aromatic nitrogens is 1. The molecule has 0 aliphatic heterocycles. The first-order valence-electron chi connectivity index (χ1n) is 11.3. The van der Waals surface area contributed by atoms with Crippen LogP contribution in [0.2, 0.25) is 0 Å². The molecule has 4 aromatic rings. The molecule has 4 nitrogen and oxygen atoms in total. The fraction of sp³-hybridized carbons (Fsp3) is 0.259. The van der Waals surface area contributed by atoms with E-state index in [0.717, 1.165) is 34.2 Å². The fourth-order valence-corrected chi connectivity index (χ4v) is 3.65. The first-order valence-corrected chi connectivity index (χ1v) is 11.3. The van der Waals surface area contributed by atoms with Crippen LogP contribution in [0, 0.1) is 0 Å². The average molecular weight is 504 g/mol. The van der Waals surface area contributed by atoms with Gasteiger partial charge in [0.05, 0.1) is 0 Å². The van der Waals surface area contributed by atoms with Crippen molar-refractivity contribution in [1.29, 1.82) is 0 Å². The van der Waals surface area contributed by atoms with Crippen LogP contribution in [0.1, 0.15) is 16.7 Å². The average Bonchev–Trinajstić information content (AvgIpc) is 3.26. The zero-order valence-electron chi connectivity index (χ0n) is 19.2. The van der Waals surface area contributed by atoms with E-state index in [1.165, 1.54) is 12.1 Å². The number of alkyl halides is 5. The predicted molar refractivity (Wildman–Crippen MR) is 127 cm³/mol. The Morgan fingerprint density at radius 2 is 1.53 bits per heavy atom. The van der Waals surface area contributed by atoms with Crippen LogP contribution in [0.3, 0.4) is 0 Å². The van der Waals surface area contributed by atoms with Gasteiger partial charge in [-0.2, -0.15) is 22.0 Å². The van der Waals surface area contributed by atoms with Crippen molar-refractivity contribution in [2.24, 2.45) is 0 Å². The molecule has 0 saturated carbocycles. The lowest BCUT2D eigenvalue weighted by molar-refractivity contribution is -0.290. The number of rotatable bonds is 11. The lowest BCUT2D eigenvalue weighted by Gasteiger charge is -2.20. The van der Waals surface area contributed by atoms with Gasteiger partial charge >= 0.3 is 12.1 Å². The second-order valence-electron chi connectivity index (χ2n) is 8.36. The van der Waals surface area contributed by atoms with Crippen molar-refractivity contribution in [2.75, 3.05) is 13.2 Å². The van der Waals surface area contributed by atoms with E-state index in [4.69, 9.17) is 9.47 Å². The summed E-state index contributed by atoms with van der Waals surface area (Å²) in [4.78, 5) is 3.25. The number of aromatic amines is 1. The maximum atomic E-state index is 13.1. The van der Waals surface area contributed by atoms with Crippen LogP contribution < -0.4 is 14.8 Å². The zero-order chi connectivity index (χ0) is 25.6. The summed E-state index contributed by atoms with van der Waals surface area (Å²) in [5.74, 6) is -4.18. The van der Waals surface area contributed by atoms with Crippen LogP contribution >= 0.6 is 0 Å². The number of halogens is 5. The fourth-order valence-electron chi connectivity index (χ4n) is 3.65. The van der Waals surface area contributed by atoms with Gasteiger partial charge in [0.2, 0.25) is 0 Å². The number of hydrogen-bond acceptors (Lipinski definition) is 3. The van der Waals surface area contributed by atoms with Crippen molar-refractivity contribution >= 4 is 10.9 Å². The van der Waals surface area contributed by atoms with E-state index in [-0.39, 0.29) is 5.75 Å². The maximum absolute atomic E-state index is 13.1. The topological polar surface area (TPSA) is 46.3 Å². The molecule has 0 bridgehead atoms. The predicted octanol–water partition coefficient (Wildman–Crippen LogP) is 6.66. The van der Waals surface area contributed by atoms with Crippen molar-refractivity contribution in [3.05, 3.63) is 95.7 Å². The number of hydrogen-bond donors (Lipinski definition) is 2. The molecule has 0 saturated heterocycles. The lowest BCUT2D eigenvalue weighted by Crippen LogP contribution is -2.41. The molecule has 9 heteroatoms. The van der Waals surface area contributed by atoms with Gasteiger partial charge in [-0.05, 0) is 60.0 Å². The minimum Gasteiger partial charge on any atom is -0.489 e.